The van der Waals surface area contributed by atoms with Crippen LogP contribution in [0.15, 0.2) is 47.5 Å². The number of hydrogen-bond acceptors (Lipinski definition) is 4. The number of benzene rings is 2. The van der Waals surface area contributed by atoms with Crippen molar-refractivity contribution in [2.24, 2.45) is 4.99 Å². The minimum absolute atomic E-state index is 0.239. The van der Waals surface area contributed by atoms with Crippen LogP contribution >= 0.6 is 0 Å². The highest BCUT2D eigenvalue weighted by molar-refractivity contribution is 5.79. The SMILES string of the molecule is CCNC(=NCc1ccc(N2CCC(O)CC2)c(F)c1)N(C)Cc1ccccc1OC. The number of halogens is 1. The van der Waals surface area contributed by atoms with Crippen molar-refractivity contribution in [2.45, 2.75) is 39.0 Å². The molecule has 2 aromatic rings. The van der Waals surface area contributed by atoms with Crippen molar-refractivity contribution in [3.8, 4) is 5.75 Å². The van der Waals surface area contributed by atoms with E-state index in [1.807, 2.05) is 60.2 Å². The molecule has 0 bridgehead atoms. The van der Waals surface area contributed by atoms with Gasteiger partial charge < -0.3 is 25.0 Å². The summed E-state index contributed by atoms with van der Waals surface area (Å²) in [6, 6.07) is 13.2. The zero-order chi connectivity index (χ0) is 22.2. The number of aliphatic imine (C=N–C) groups is 1. The Kier molecular flexibility index (Phi) is 8.12. The molecule has 0 aliphatic carbocycles. The second-order valence-electron chi connectivity index (χ2n) is 7.84. The van der Waals surface area contributed by atoms with Gasteiger partial charge in [-0.1, -0.05) is 24.3 Å². The van der Waals surface area contributed by atoms with Crippen LogP contribution in [0.25, 0.3) is 0 Å². The van der Waals surface area contributed by atoms with Crippen LogP contribution in [0.2, 0.25) is 0 Å². The summed E-state index contributed by atoms with van der Waals surface area (Å²) in [4.78, 5) is 8.74. The molecule has 2 aromatic carbocycles. The predicted molar refractivity (Wildman–Crippen MR) is 123 cm³/mol. The van der Waals surface area contributed by atoms with Gasteiger partial charge in [0.15, 0.2) is 5.96 Å². The summed E-state index contributed by atoms with van der Waals surface area (Å²) in [5.41, 5.74) is 2.49. The van der Waals surface area contributed by atoms with E-state index in [9.17, 15) is 9.50 Å². The van der Waals surface area contributed by atoms with Gasteiger partial charge in [0.05, 0.1) is 25.4 Å². The van der Waals surface area contributed by atoms with Crippen LogP contribution in [0, 0.1) is 5.82 Å². The van der Waals surface area contributed by atoms with E-state index >= 15 is 0 Å². The summed E-state index contributed by atoms with van der Waals surface area (Å²) in [5, 5.41) is 13.0. The van der Waals surface area contributed by atoms with Gasteiger partial charge in [0.1, 0.15) is 11.6 Å². The fourth-order valence-electron chi connectivity index (χ4n) is 3.81. The minimum Gasteiger partial charge on any atom is -0.496 e. The van der Waals surface area contributed by atoms with Gasteiger partial charge in [0.2, 0.25) is 0 Å². The Morgan fingerprint density at radius 1 is 1.26 bits per heavy atom. The van der Waals surface area contributed by atoms with Crippen molar-refractivity contribution in [1.82, 2.24) is 10.2 Å². The van der Waals surface area contributed by atoms with Crippen LogP contribution in [-0.2, 0) is 13.1 Å². The lowest BCUT2D eigenvalue weighted by Gasteiger charge is -2.31. The molecule has 1 aliphatic rings. The summed E-state index contributed by atoms with van der Waals surface area (Å²) >= 11 is 0. The summed E-state index contributed by atoms with van der Waals surface area (Å²) < 4.78 is 20.2. The molecule has 1 saturated heterocycles. The number of para-hydroxylation sites is 1. The van der Waals surface area contributed by atoms with Gasteiger partial charge in [0, 0.05) is 38.8 Å². The minimum atomic E-state index is -0.273. The molecule has 0 radical (unpaired) electrons. The number of aliphatic hydroxyl groups excluding tert-OH is 1. The fraction of sp³-hybridized carbons (Fsp3) is 0.458. The number of anilines is 1. The second-order valence-corrected chi connectivity index (χ2v) is 7.84. The van der Waals surface area contributed by atoms with Gasteiger partial charge in [-0.05, 0) is 43.5 Å². The van der Waals surface area contributed by atoms with Gasteiger partial charge >= 0.3 is 0 Å². The predicted octanol–water partition coefficient (Wildman–Crippen LogP) is 3.39. The smallest absolute Gasteiger partial charge is 0.194 e. The number of nitrogens with one attached hydrogen (secondary N) is 1. The highest BCUT2D eigenvalue weighted by Gasteiger charge is 2.19. The molecule has 0 spiro atoms. The molecule has 7 heteroatoms. The summed E-state index contributed by atoms with van der Waals surface area (Å²) in [6.07, 6.45) is 1.08. The van der Waals surface area contributed by atoms with Crippen molar-refractivity contribution in [3.63, 3.8) is 0 Å². The molecule has 1 aliphatic heterocycles. The molecular weight excluding hydrogens is 395 g/mol. The van der Waals surface area contributed by atoms with Crippen molar-refractivity contribution < 1.29 is 14.2 Å². The standard InChI is InChI=1S/C24H33FN4O2/c1-4-26-24(28(2)17-19-7-5-6-8-23(19)31-3)27-16-18-9-10-22(21(25)15-18)29-13-11-20(30)12-14-29/h5-10,15,20,30H,4,11-14,16-17H2,1-3H3,(H,26,27). The first-order valence-electron chi connectivity index (χ1n) is 10.8. The van der Waals surface area contributed by atoms with Crippen molar-refractivity contribution in [2.75, 3.05) is 38.7 Å². The van der Waals surface area contributed by atoms with Crippen molar-refractivity contribution >= 4 is 11.6 Å². The third-order valence-electron chi connectivity index (χ3n) is 5.53. The molecule has 1 heterocycles. The van der Waals surface area contributed by atoms with Crippen LogP contribution in [0.4, 0.5) is 10.1 Å². The normalized spacial score (nSPS) is 15.1. The third kappa shape index (κ3) is 6.10. The lowest BCUT2D eigenvalue weighted by atomic mass is 10.1. The van der Waals surface area contributed by atoms with Crippen LogP contribution < -0.4 is 15.0 Å². The quantitative estimate of drug-likeness (QED) is 0.523. The Hall–Kier alpha value is -2.80. The fourth-order valence-corrected chi connectivity index (χ4v) is 3.81. The number of guanidine groups is 1. The summed E-state index contributed by atoms with van der Waals surface area (Å²) in [6.45, 7) is 5.14. The summed E-state index contributed by atoms with van der Waals surface area (Å²) in [5.74, 6) is 1.35. The Labute approximate surface area is 184 Å². The highest BCUT2D eigenvalue weighted by atomic mass is 19.1. The number of aliphatic hydroxyl groups is 1. The average Bonchev–Trinajstić information content (AvgIpc) is 2.78. The lowest BCUT2D eigenvalue weighted by Crippen LogP contribution is -2.38. The topological polar surface area (TPSA) is 60.3 Å². The van der Waals surface area contributed by atoms with E-state index < -0.39 is 0 Å². The van der Waals surface area contributed by atoms with E-state index in [4.69, 9.17) is 9.73 Å². The van der Waals surface area contributed by atoms with Crippen LogP contribution in [0.1, 0.15) is 30.9 Å². The molecule has 168 valence electrons. The van der Waals surface area contributed by atoms with E-state index in [0.717, 1.165) is 29.4 Å². The largest absolute Gasteiger partial charge is 0.496 e. The van der Waals surface area contributed by atoms with E-state index in [1.165, 1.54) is 0 Å². The van der Waals surface area contributed by atoms with Crippen LogP contribution in [0.3, 0.4) is 0 Å². The van der Waals surface area contributed by atoms with Gasteiger partial charge in [-0.15, -0.1) is 0 Å². The molecule has 31 heavy (non-hydrogen) atoms. The lowest BCUT2D eigenvalue weighted by molar-refractivity contribution is 0.145. The number of rotatable bonds is 7. The second kappa shape index (κ2) is 11.0. The molecule has 0 aromatic heterocycles. The van der Waals surface area contributed by atoms with Crippen LogP contribution in [0.5, 0.6) is 5.75 Å². The molecule has 0 amide bonds. The maximum atomic E-state index is 14.7. The molecule has 1 fully saturated rings. The first-order chi connectivity index (χ1) is 15.0. The Morgan fingerprint density at radius 2 is 2.00 bits per heavy atom. The number of nitrogens with zero attached hydrogens (tertiary/aromatic N) is 3. The Morgan fingerprint density at radius 3 is 2.68 bits per heavy atom. The summed E-state index contributed by atoms with van der Waals surface area (Å²) in [7, 11) is 3.64. The number of ether oxygens (including phenoxy) is 1. The van der Waals surface area contributed by atoms with Crippen LogP contribution in [-0.4, -0.2) is 55.9 Å². The maximum Gasteiger partial charge on any atom is 0.194 e. The zero-order valence-corrected chi connectivity index (χ0v) is 18.6. The Balaban J connectivity index is 1.69. The van der Waals surface area contributed by atoms with Gasteiger partial charge in [-0.2, -0.15) is 0 Å². The van der Waals surface area contributed by atoms with E-state index in [0.29, 0.717) is 44.7 Å². The first-order valence-corrected chi connectivity index (χ1v) is 10.8. The third-order valence-corrected chi connectivity index (χ3v) is 5.53. The monoisotopic (exact) mass is 428 g/mol. The Bertz CT molecular complexity index is 882. The molecule has 3 rings (SSSR count). The molecule has 0 saturated carbocycles. The average molecular weight is 429 g/mol. The maximum absolute atomic E-state index is 14.7. The molecule has 0 unspecified atom stereocenters. The van der Waals surface area contributed by atoms with E-state index in [1.54, 1.807) is 13.2 Å². The van der Waals surface area contributed by atoms with Gasteiger partial charge in [0.25, 0.3) is 0 Å². The van der Waals surface area contributed by atoms with Gasteiger partial charge in [-0.3, -0.25) is 0 Å². The molecular formula is C24H33FN4O2. The van der Waals surface area contributed by atoms with Gasteiger partial charge in [-0.25, -0.2) is 9.38 Å². The van der Waals surface area contributed by atoms with E-state index in [2.05, 4.69) is 5.32 Å². The first kappa shape index (κ1) is 22.9. The molecule has 2 N–H and O–H groups in total. The number of methoxy groups -OCH3 is 1. The molecule has 0 atom stereocenters. The number of piperidine rings is 1. The van der Waals surface area contributed by atoms with E-state index in [-0.39, 0.29) is 11.9 Å². The molecule has 6 nitrogen and oxygen atoms in total. The van der Waals surface area contributed by atoms with Crippen molar-refractivity contribution in [3.05, 3.63) is 59.4 Å². The zero-order valence-electron chi connectivity index (χ0n) is 18.6. The number of hydrogen-bond donors (Lipinski definition) is 2. The highest BCUT2D eigenvalue weighted by Crippen LogP contribution is 2.25. The van der Waals surface area contributed by atoms with Crippen molar-refractivity contribution in [1.29, 1.82) is 0 Å².